The molecule has 0 fully saturated rings. The summed E-state index contributed by atoms with van der Waals surface area (Å²) >= 11 is 0. The van der Waals surface area contributed by atoms with E-state index >= 15 is 0 Å². The van der Waals surface area contributed by atoms with Crippen LogP contribution < -0.4 is 5.32 Å². The summed E-state index contributed by atoms with van der Waals surface area (Å²) in [6.07, 6.45) is 0. The number of carbonyl (C=O) groups is 1. The molecule has 0 bridgehead atoms. The van der Waals surface area contributed by atoms with Crippen LogP contribution >= 0.6 is 0 Å². The summed E-state index contributed by atoms with van der Waals surface area (Å²) in [6.45, 7) is 12.9. The molecular formula is C13H16N2O. The molecule has 16 heavy (non-hydrogen) atoms. The average molecular weight is 216 g/mol. The maximum Gasteiger partial charge on any atom is 0.304 e. The van der Waals surface area contributed by atoms with Gasteiger partial charge in [0, 0.05) is 5.69 Å². The number of carbonyl (C=O) groups excluding carboxylic acids is 1. The minimum Gasteiger partial charge on any atom is -0.320 e. The van der Waals surface area contributed by atoms with Crippen molar-refractivity contribution in [2.45, 2.75) is 26.2 Å². The molecule has 0 aliphatic heterocycles. The van der Waals surface area contributed by atoms with Gasteiger partial charge in [-0.3, -0.25) is 4.79 Å². The number of rotatable bonds is 2. The summed E-state index contributed by atoms with van der Waals surface area (Å²) in [5.41, 5.74) is 2.07. The molecule has 1 aromatic carbocycles. The van der Waals surface area contributed by atoms with E-state index in [2.05, 4.69) is 30.9 Å². The number of hydrogen-bond donors (Lipinski definition) is 1. The molecular weight excluding hydrogens is 200 g/mol. The Morgan fingerprint density at radius 1 is 1.31 bits per heavy atom. The molecule has 3 heteroatoms. The number of hydrogen-bond acceptors (Lipinski definition) is 1. The van der Waals surface area contributed by atoms with E-state index in [0.717, 1.165) is 5.69 Å². The second-order valence-electron chi connectivity index (χ2n) is 4.69. The Labute approximate surface area is 96.3 Å². The van der Waals surface area contributed by atoms with Gasteiger partial charge in [0.25, 0.3) is 6.54 Å². The Balaban J connectivity index is 2.73. The van der Waals surface area contributed by atoms with E-state index in [-0.39, 0.29) is 17.9 Å². The third-order valence-electron chi connectivity index (χ3n) is 2.26. The second kappa shape index (κ2) is 4.80. The molecule has 0 aliphatic carbocycles. The van der Waals surface area contributed by atoms with Crippen LogP contribution in [0.2, 0.25) is 0 Å². The molecule has 0 aromatic heterocycles. The number of benzene rings is 1. The van der Waals surface area contributed by atoms with Crippen molar-refractivity contribution in [3.8, 4) is 0 Å². The summed E-state index contributed by atoms with van der Waals surface area (Å²) in [6, 6.07) is 7.71. The summed E-state index contributed by atoms with van der Waals surface area (Å²) in [4.78, 5) is 14.2. The van der Waals surface area contributed by atoms with Crippen LogP contribution in [-0.2, 0) is 10.2 Å². The zero-order chi connectivity index (χ0) is 12.2. The molecule has 3 nitrogen and oxygen atoms in total. The van der Waals surface area contributed by atoms with Crippen LogP contribution in [0.1, 0.15) is 26.3 Å². The van der Waals surface area contributed by atoms with Crippen LogP contribution in [0.15, 0.2) is 24.3 Å². The first kappa shape index (κ1) is 12.3. The first-order valence-electron chi connectivity index (χ1n) is 5.17. The van der Waals surface area contributed by atoms with Crippen LogP contribution in [-0.4, -0.2) is 12.5 Å². The van der Waals surface area contributed by atoms with Crippen molar-refractivity contribution >= 4 is 11.6 Å². The lowest BCUT2D eigenvalue weighted by molar-refractivity contribution is -0.114. The summed E-state index contributed by atoms with van der Waals surface area (Å²) < 4.78 is 0. The van der Waals surface area contributed by atoms with Crippen molar-refractivity contribution in [3.63, 3.8) is 0 Å². The highest BCUT2D eigenvalue weighted by atomic mass is 16.1. The molecule has 0 aliphatic rings. The van der Waals surface area contributed by atoms with Crippen molar-refractivity contribution in [1.82, 2.24) is 0 Å². The van der Waals surface area contributed by atoms with Gasteiger partial charge in [-0.25, -0.2) is 6.57 Å². The predicted octanol–water partition coefficient (Wildman–Crippen LogP) is 2.84. The molecule has 0 saturated heterocycles. The molecule has 1 N–H and O–H groups in total. The van der Waals surface area contributed by atoms with E-state index in [0.29, 0.717) is 0 Å². The number of anilines is 1. The van der Waals surface area contributed by atoms with Crippen LogP contribution in [0.5, 0.6) is 0 Å². The smallest absolute Gasteiger partial charge is 0.304 e. The van der Waals surface area contributed by atoms with E-state index in [1.54, 1.807) is 0 Å². The minimum absolute atomic E-state index is 0.110. The van der Waals surface area contributed by atoms with E-state index in [1.807, 2.05) is 24.3 Å². The number of amides is 1. The molecule has 0 radical (unpaired) electrons. The Hall–Kier alpha value is -1.82. The fraction of sp³-hybridized carbons (Fsp3) is 0.385. The topological polar surface area (TPSA) is 33.5 Å². The number of nitrogens with zero attached hydrogens (tertiary/aromatic N) is 1. The second-order valence-corrected chi connectivity index (χ2v) is 4.69. The molecule has 1 rings (SSSR count). The molecule has 0 spiro atoms. The van der Waals surface area contributed by atoms with Crippen LogP contribution in [0, 0.1) is 6.57 Å². The van der Waals surface area contributed by atoms with Gasteiger partial charge in [0.2, 0.25) is 0 Å². The molecule has 84 valence electrons. The Kier molecular flexibility index (Phi) is 3.68. The van der Waals surface area contributed by atoms with Crippen LogP contribution in [0.3, 0.4) is 0 Å². The van der Waals surface area contributed by atoms with Gasteiger partial charge in [0.1, 0.15) is 0 Å². The maximum atomic E-state index is 11.2. The average Bonchev–Trinajstić information content (AvgIpc) is 2.17. The van der Waals surface area contributed by atoms with E-state index < -0.39 is 0 Å². The number of nitrogens with one attached hydrogen (secondary N) is 1. The standard InChI is InChI=1S/C13H16N2O/c1-13(2,3)10-5-7-11(8-6-10)15-12(16)9-14-4/h5-8H,9H2,1-3H3,(H,15,16). The van der Waals surface area contributed by atoms with E-state index in [4.69, 9.17) is 6.57 Å². The van der Waals surface area contributed by atoms with Crippen molar-refractivity contribution in [2.75, 3.05) is 11.9 Å². The Morgan fingerprint density at radius 3 is 2.31 bits per heavy atom. The van der Waals surface area contributed by atoms with Crippen molar-refractivity contribution in [2.24, 2.45) is 0 Å². The molecule has 0 saturated carbocycles. The Bertz CT molecular complexity index is 407. The fourth-order valence-corrected chi connectivity index (χ4v) is 1.33. The van der Waals surface area contributed by atoms with E-state index in [9.17, 15) is 4.79 Å². The maximum absolute atomic E-state index is 11.2. The van der Waals surface area contributed by atoms with Crippen molar-refractivity contribution < 1.29 is 4.79 Å². The highest BCUT2D eigenvalue weighted by Gasteiger charge is 2.13. The van der Waals surface area contributed by atoms with Gasteiger partial charge in [-0.2, -0.15) is 0 Å². The highest BCUT2D eigenvalue weighted by molar-refractivity contribution is 5.93. The molecule has 1 amide bonds. The summed E-state index contributed by atoms with van der Waals surface area (Å²) in [7, 11) is 0. The quantitative estimate of drug-likeness (QED) is 0.758. The molecule has 1 aromatic rings. The third kappa shape index (κ3) is 3.39. The molecule has 0 heterocycles. The third-order valence-corrected chi connectivity index (χ3v) is 2.26. The first-order chi connectivity index (χ1) is 7.43. The lowest BCUT2D eigenvalue weighted by Gasteiger charge is -2.19. The lowest BCUT2D eigenvalue weighted by atomic mass is 9.87. The van der Waals surface area contributed by atoms with Gasteiger partial charge in [0.15, 0.2) is 0 Å². The summed E-state index contributed by atoms with van der Waals surface area (Å²) in [5.74, 6) is -0.265. The largest absolute Gasteiger partial charge is 0.320 e. The predicted molar refractivity (Wildman–Crippen MR) is 65.2 cm³/mol. The van der Waals surface area contributed by atoms with E-state index in [1.165, 1.54) is 5.56 Å². The van der Waals surface area contributed by atoms with Gasteiger partial charge in [-0.1, -0.05) is 32.9 Å². The van der Waals surface area contributed by atoms with Gasteiger partial charge in [-0.05, 0) is 23.1 Å². The van der Waals surface area contributed by atoms with Gasteiger partial charge in [0.05, 0.1) is 0 Å². The molecule has 0 unspecified atom stereocenters. The van der Waals surface area contributed by atoms with Gasteiger partial charge < -0.3 is 10.2 Å². The first-order valence-corrected chi connectivity index (χ1v) is 5.17. The van der Waals surface area contributed by atoms with Crippen LogP contribution in [0.4, 0.5) is 5.69 Å². The lowest BCUT2D eigenvalue weighted by Crippen LogP contribution is -2.14. The Morgan fingerprint density at radius 2 is 1.88 bits per heavy atom. The van der Waals surface area contributed by atoms with Gasteiger partial charge in [-0.15, -0.1) is 0 Å². The fourth-order valence-electron chi connectivity index (χ4n) is 1.33. The van der Waals surface area contributed by atoms with Gasteiger partial charge >= 0.3 is 5.91 Å². The highest BCUT2D eigenvalue weighted by Crippen LogP contribution is 2.23. The zero-order valence-electron chi connectivity index (χ0n) is 9.87. The monoisotopic (exact) mass is 216 g/mol. The van der Waals surface area contributed by atoms with Crippen molar-refractivity contribution in [1.29, 1.82) is 0 Å². The van der Waals surface area contributed by atoms with Crippen LogP contribution in [0.25, 0.3) is 4.85 Å². The minimum atomic E-state index is -0.265. The zero-order valence-corrected chi connectivity index (χ0v) is 9.87. The van der Waals surface area contributed by atoms with Crippen molar-refractivity contribution in [3.05, 3.63) is 41.2 Å². The summed E-state index contributed by atoms with van der Waals surface area (Å²) in [5, 5.41) is 2.67. The normalized spacial score (nSPS) is 10.6. The molecule has 0 atom stereocenters. The SMILES string of the molecule is [C-]#[N+]CC(=O)Nc1ccc(C(C)(C)C)cc1.